The zero-order valence-electron chi connectivity index (χ0n) is 9.61. The van der Waals surface area contributed by atoms with Gasteiger partial charge in [-0.1, -0.05) is 11.6 Å². The highest BCUT2D eigenvalue weighted by Gasteiger charge is 2.24. The van der Waals surface area contributed by atoms with E-state index in [1.54, 1.807) is 0 Å². The van der Waals surface area contributed by atoms with Crippen molar-refractivity contribution in [3.8, 4) is 0 Å². The quantitative estimate of drug-likeness (QED) is 0.846. The maximum absolute atomic E-state index is 5.34. The first-order valence-corrected chi connectivity index (χ1v) is 6.45. The lowest BCUT2D eigenvalue weighted by atomic mass is 9.83. The topological polar surface area (TPSA) is 51.0 Å². The van der Waals surface area contributed by atoms with E-state index in [9.17, 15) is 0 Å². The largest absolute Gasteiger partial charge is 0.339 e. The van der Waals surface area contributed by atoms with E-state index in [1.807, 2.05) is 0 Å². The van der Waals surface area contributed by atoms with Crippen LogP contribution in [0, 0.1) is 5.92 Å². The van der Waals surface area contributed by atoms with Crippen molar-refractivity contribution in [3.63, 3.8) is 0 Å². The number of hydrogen-bond donors (Lipinski definition) is 1. The van der Waals surface area contributed by atoms with Crippen molar-refractivity contribution in [3.05, 3.63) is 11.7 Å². The Kier molecular flexibility index (Phi) is 2.91. The third-order valence-electron chi connectivity index (χ3n) is 3.88. The van der Waals surface area contributed by atoms with E-state index in [1.165, 1.54) is 19.3 Å². The smallest absolute Gasteiger partial charge is 0.226 e. The minimum atomic E-state index is 0.514. The van der Waals surface area contributed by atoms with Crippen molar-refractivity contribution in [2.75, 3.05) is 13.1 Å². The third-order valence-corrected chi connectivity index (χ3v) is 3.88. The van der Waals surface area contributed by atoms with Crippen molar-refractivity contribution in [2.24, 2.45) is 5.92 Å². The molecule has 0 amide bonds. The van der Waals surface area contributed by atoms with Gasteiger partial charge in [-0.3, -0.25) is 0 Å². The summed E-state index contributed by atoms with van der Waals surface area (Å²) in [4.78, 5) is 4.55. The van der Waals surface area contributed by atoms with Gasteiger partial charge in [0.15, 0.2) is 5.82 Å². The molecule has 0 spiro atoms. The lowest BCUT2D eigenvalue weighted by molar-refractivity contribution is 0.272. The number of rotatable bonds is 3. The van der Waals surface area contributed by atoms with Crippen LogP contribution in [0.3, 0.4) is 0 Å². The molecule has 1 saturated heterocycles. The molecule has 1 aromatic rings. The SMILES string of the molecule is C1CC(Cc2nc(C3CCNCC3)no2)C1. The molecule has 0 unspecified atom stereocenters. The molecular weight excluding hydrogens is 202 g/mol. The summed E-state index contributed by atoms with van der Waals surface area (Å²) in [6.45, 7) is 2.16. The van der Waals surface area contributed by atoms with Crippen molar-refractivity contribution >= 4 is 0 Å². The van der Waals surface area contributed by atoms with Gasteiger partial charge in [-0.15, -0.1) is 0 Å². The highest BCUT2D eigenvalue weighted by molar-refractivity contribution is 4.98. The van der Waals surface area contributed by atoms with E-state index in [2.05, 4.69) is 15.5 Å². The van der Waals surface area contributed by atoms with Crippen LogP contribution >= 0.6 is 0 Å². The van der Waals surface area contributed by atoms with Gasteiger partial charge < -0.3 is 9.84 Å². The average Bonchev–Trinajstić information content (AvgIpc) is 2.73. The Morgan fingerprint density at radius 1 is 1.19 bits per heavy atom. The van der Waals surface area contributed by atoms with Gasteiger partial charge >= 0.3 is 0 Å². The summed E-state index contributed by atoms with van der Waals surface area (Å²) in [7, 11) is 0. The molecule has 1 N–H and O–H groups in total. The van der Waals surface area contributed by atoms with E-state index < -0.39 is 0 Å². The summed E-state index contributed by atoms with van der Waals surface area (Å²) in [5.41, 5.74) is 0. The normalized spacial score (nSPS) is 23.2. The minimum Gasteiger partial charge on any atom is -0.339 e. The van der Waals surface area contributed by atoms with Crippen LogP contribution in [0.2, 0.25) is 0 Å². The highest BCUT2D eigenvalue weighted by atomic mass is 16.5. The zero-order valence-corrected chi connectivity index (χ0v) is 9.61. The molecule has 2 fully saturated rings. The first kappa shape index (κ1) is 10.3. The monoisotopic (exact) mass is 221 g/mol. The van der Waals surface area contributed by atoms with Gasteiger partial charge in [-0.25, -0.2) is 0 Å². The highest BCUT2D eigenvalue weighted by Crippen LogP contribution is 2.30. The molecule has 1 saturated carbocycles. The van der Waals surface area contributed by atoms with Crippen LogP contribution < -0.4 is 5.32 Å². The van der Waals surface area contributed by atoms with Gasteiger partial charge in [0, 0.05) is 12.3 Å². The van der Waals surface area contributed by atoms with E-state index in [4.69, 9.17) is 4.52 Å². The molecule has 1 aromatic heterocycles. The van der Waals surface area contributed by atoms with Crippen LogP contribution in [0.15, 0.2) is 4.52 Å². The Morgan fingerprint density at radius 3 is 2.69 bits per heavy atom. The Hall–Kier alpha value is -0.900. The molecule has 0 aromatic carbocycles. The van der Waals surface area contributed by atoms with Crippen molar-refractivity contribution in [1.82, 2.24) is 15.5 Å². The molecular formula is C12H19N3O. The van der Waals surface area contributed by atoms with Gasteiger partial charge in [0.25, 0.3) is 0 Å². The first-order valence-electron chi connectivity index (χ1n) is 6.45. The Balaban J connectivity index is 1.61. The summed E-state index contributed by atoms with van der Waals surface area (Å²) in [6.07, 6.45) is 7.33. The van der Waals surface area contributed by atoms with Gasteiger partial charge in [0.2, 0.25) is 5.89 Å². The molecule has 0 bridgehead atoms. The fourth-order valence-corrected chi connectivity index (χ4v) is 2.54. The van der Waals surface area contributed by atoms with Crippen LogP contribution in [-0.4, -0.2) is 23.2 Å². The van der Waals surface area contributed by atoms with Crippen molar-refractivity contribution in [1.29, 1.82) is 0 Å². The molecule has 3 rings (SSSR count). The Labute approximate surface area is 95.8 Å². The molecule has 0 atom stereocenters. The molecule has 88 valence electrons. The number of aromatic nitrogens is 2. The second-order valence-electron chi connectivity index (χ2n) is 5.07. The van der Waals surface area contributed by atoms with Gasteiger partial charge in [0.1, 0.15) is 0 Å². The van der Waals surface area contributed by atoms with Crippen molar-refractivity contribution in [2.45, 2.75) is 44.4 Å². The van der Waals surface area contributed by atoms with E-state index in [-0.39, 0.29) is 0 Å². The summed E-state index contributed by atoms with van der Waals surface area (Å²) in [5.74, 6) is 3.12. The summed E-state index contributed by atoms with van der Waals surface area (Å²) in [5, 5.41) is 7.49. The lowest BCUT2D eigenvalue weighted by Crippen LogP contribution is -2.27. The van der Waals surface area contributed by atoms with Gasteiger partial charge in [-0.05, 0) is 44.7 Å². The average molecular weight is 221 g/mol. The first-order chi connectivity index (χ1) is 7.92. The summed E-state index contributed by atoms with van der Waals surface area (Å²) >= 11 is 0. The van der Waals surface area contributed by atoms with E-state index >= 15 is 0 Å². The molecule has 4 nitrogen and oxygen atoms in total. The molecule has 1 aliphatic heterocycles. The van der Waals surface area contributed by atoms with E-state index in [0.29, 0.717) is 5.92 Å². The molecule has 1 aliphatic carbocycles. The fourth-order valence-electron chi connectivity index (χ4n) is 2.54. The predicted octanol–water partition coefficient (Wildman–Crippen LogP) is 1.88. The molecule has 4 heteroatoms. The van der Waals surface area contributed by atoms with Crippen LogP contribution in [0.4, 0.5) is 0 Å². The number of nitrogens with zero attached hydrogens (tertiary/aromatic N) is 2. The van der Waals surface area contributed by atoms with Crippen LogP contribution in [0.5, 0.6) is 0 Å². The third kappa shape index (κ3) is 2.12. The van der Waals surface area contributed by atoms with Crippen LogP contribution in [-0.2, 0) is 6.42 Å². The molecule has 2 heterocycles. The van der Waals surface area contributed by atoms with Crippen LogP contribution in [0.1, 0.15) is 49.7 Å². The molecule has 0 radical (unpaired) electrons. The number of nitrogens with one attached hydrogen (secondary N) is 1. The Morgan fingerprint density at radius 2 is 2.00 bits per heavy atom. The van der Waals surface area contributed by atoms with Gasteiger partial charge in [0.05, 0.1) is 0 Å². The summed E-state index contributed by atoms with van der Waals surface area (Å²) < 4.78 is 5.34. The molecule has 2 aliphatic rings. The second-order valence-corrected chi connectivity index (χ2v) is 5.07. The fraction of sp³-hybridized carbons (Fsp3) is 0.833. The zero-order chi connectivity index (χ0) is 10.8. The number of piperidine rings is 1. The van der Waals surface area contributed by atoms with Crippen molar-refractivity contribution < 1.29 is 4.52 Å². The second kappa shape index (κ2) is 4.53. The minimum absolute atomic E-state index is 0.514. The maximum Gasteiger partial charge on any atom is 0.226 e. The molecule has 16 heavy (non-hydrogen) atoms. The lowest BCUT2D eigenvalue weighted by Gasteiger charge is -2.23. The maximum atomic E-state index is 5.34. The number of hydrogen-bond acceptors (Lipinski definition) is 4. The van der Waals surface area contributed by atoms with Crippen LogP contribution in [0.25, 0.3) is 0 Å². The van der Waals surface area contributed by atoms with E-state index in [0.717, 1.165) is 50.0 Å². The standard InChI is InChI=1S/C12H19N3O/c1-2-9(3-1)8-11-14-12(15-16-11)10-4-6-13-7-5-10/h9-10,13H,1-8H2. The predicted molar refractivity (Wildman–Crippen MR) is 60.2 cm³/mol. The summed E-state index contributed by atoms with van der Waals surface area (Å²) in [6, 6.07) is 0. The van der Waals surface area contributed by atoms with Gasteiger partial charge in [-0.2, -0.15) is 4.98 Å². The Bertz CT molecular complexity index is 340.